The largest absolute Gasteiger partial charge is 0.307 e. The van der Waals surface area contributed by atoms with E-state index in [1.807, 2.05) is 57.7 Å². The Morgan fingerprint density at radius 1 is 0.846 bits per heavy atom. The first kappa shape index (κ1) is 14.8. The monoisotopic (exact) mass is 339 g/mol. The number of para-hydroxylation sites is 1. The van der Waals surface area contributed by atoms with Crippen molar-refractivity contribution in [3.8, 4) is 0 Å². The molecule has 0 bridgehead atoms. The number of pyridine rings is 1. The molecule has 0 fully saturated rings. The number of hydrogen-bond acceptors (Lipinski definition) is 3. The Hall–Kier alpha value is -3.47. The van der Waals surface area contributed by atoms with Gasteiger partial charge in [-0.1, -0.05) is 53.7 Å². The van der Waals surface area contributed by atoms with Crippen LogP contribution in [0.15, 0.2) is 85.2 Å². The van der Waals surface area contributed by atoms with Gasteiger partial charge in [-0.3, -0.25) is 0 Å². The first-order chi connectivity index (χ1) is 12.9. The molecule has 0 aliphatic heterocycles. The fourth-order valence-electron chi connectivity index (χ4n) is 3.39. The van der Waals surface area contributed by atoms with Gasteiger partial charge in [0.2, 0.25) is 0 Å². The molecule has 3 aromatic heterocycles. The topological polar surface area (TPSA) is 48.0 Å². The maximum atomic E-state index is 4.85. The second-order valence-corrected chi connectivity index (χ2v) is 6.36. The Labute approximate surface area is 150 Å². The fraction of sp³-hybridized carbons (Fsp3) is 0.0952. The third-order valence-electron chi connectivity index (χ3n) is 4.67. The molecule has 5 aromatic rings. The van der Waals surface area contributed by atoms with E-state index < -0.39 is 0 Å². The third-order valence-corrected chi connectivity index (χ3v) is 4.67. The molecular formula is C21H17N5. The number of fused-ring (bicyclic) bond motifs is 2. The third kappa shape index (κ3) is 2.54. The van der Waals surface area contributed by atoms with Crippen LogP contribution in [0.25, 0.3) is 16.7 Å². The fourth-order valence-corrected chi connectivity index (χ4v) is 3.39. The van der Waals surface area contributed by atoms with Crippen LogP contribution in [-0.2, 0) is 6.42 Å². The van der Waals surface area contributed by atoms with Gasteiger partial charge in [0.25, 0.3) is 0 Å². The van der Waals surface area contributed by atoms with Gasteiger partial charge >= 0.3 is 0 Å². The second kappa shape index (κ2) is 6.11. The van der Waals surface area contributed by atoms with Crippen molar-refractivity contribution in [2.45, 2.75) is 12.5 Å². The van der Waals surface area contributed by atoms with E-state index in [4.69, 9.17) is 4.98 Å². The molecule has 5 nitrogen and oxygen atoms in total. The van der Waals surface area contributed by atoms with Crippen LogP contribution < -0.4 is 0 Å². The molecule has 0 spiro atoms. The lowest BCUT2D eigenvalue weighted by molar-refractivity contribution is 0.509. The summed E-state index contributed by atoms with van der Waals surface area (Å²) >= 11 is 0. The summed E-state index contributed by atoms with van der Waals surface area (Å²) in [4.78, 5) is 4.85. The number of hydrogen-bond donors (Lipinski definition) is 0. The molecule has 126 valence electrons. The van der Waals surface area contributed by atoms with Crippen LogP contribution in [0.2, 0.25) is 0 Å². The van der Waals surface area contributed by atoms with E-state index >= 15 is 0 Å². The molecular weight excluding hydrogens is 322 g/mol. The van der Waals surface area contributed by atoms with Crippen molar-refractivity contribution in [1.29, 1.82) is 0 Å². The van der Waals surface area contributed by atoms with Crippen molar-refractivity contribution in [1.82, 2.24) is 24.4 Å². The molecule has 0 aliphatic rings. The van der Waals surface area contributed by atoms with Crippen molar-refractivity contribution in [3.63, 3.8) is 0 Å². The highest BCUT2D eigenvalue weighted by atomic mass is 15.4. The summed E-state index contributed by atoms with van der Waals surface area (Å²) in [7, 11) is 0. The van der Waals surface area contributed by atoms with Crippen LogP contribution in [0.1, 0.15) is 17.3 Å². The van der Waals surface area contributed by atoms with Crippen LogP contribution in [-0.4, -0.2) is 24.4 Å². The number of nitrogens with zero attached hydrogens (tertiary/aromatic N) is 5. The molecule has 0 N–H and O–H groups in total. The van der Waals surface area contributed by atoms with E-state index in [-0.39, 0.29) is 6.04 Å². The van der Waals surface area contributed by atoms with E-state index in [9.17, 15) is 0 Å². The minimum atomic E-state index is -0.0234. The molecule has 5 heteroatoms. The molecule has 0 radical (unpaired) electrons. The smallest absolute Gasteiger partial charge is 0.137 e. The van der Waals surface area contributed by atoms with Crippen molar-refractivity contribution < 1.29 is 0 Å². The molecule has 0 amide bonds. The van der Waals surface area contributed by atoms with Gasteiger partial charge in [-0.2, -0.15) is 0 Å². The zero-order valence-electron chi connectivity index (χ0n) is 14.1. The summed E-state index contributed by atoms with van der Waals surface area (Å²) in [6, 6.07) is 24.5. The van der Waals surface area contributed by atoms with Gasteiger partial charge in [-0.15, -0.1) is 5.10 Å². The van der Waals surface area contributed by atoms with Gasteiger partial charge in [0.15, 0.2) is 0 Å². The van der Waals surface area contributed by atoms with E-state index in [1.54, 1.807) is 0 Å². The van der Waals surface area contributed by atoms with E-state index in [1.165, 1.54) is 5.56 Å². The maximum absolute atomic E-state index is 4.85. The SMILES string of the molecule is c1ccc(CC(c2cn3ccccc3n2)n2nnc3ccccc32)cc1. The van der Waals surface area contributed by atoms with Crippen LogP contribution in [0.3, 0.4) is 0 Å². The zero-order chi connectivity index (χ0) is 17.3. The first-order valence-corrected chi connectivity index (χ1v) is 8.66. The quantitative estimate of drug-likeness (QED) is 0.499. The lowest BCUT2D eigenvalue weighted by atomic mass is 10.0. The average molecular weight is 339 g/mol. The molecule has 1 atom stereocenters. The molecule has 0 saturated carbocycles. The Balaban J connectivity index is 1.67. The molecule has 0 saturated heterocycles. The maximum Gasteiger partial charge on any atom is 0.137 e. The zero-order valence-corrected chi connectivity index (χ0v) is 14.1. The Kier molecular flexibility index (Phi) is 3.49. The molecule has 2 aromatic carbocycles. The summed E-state index contributed by atoms with van der Waals surface area (Å²) in [6.45, 7) is 0. The lowest BCUT2D eigenvalue weighted by Crippen LogP contribution is -2.15. The summed E-state index contributed by atoms with van der Waals surface area (Å²) in [5, 5.41) is 8.79. The highest BCUT2D eigenvalue weighted by Crippen LogP contribution is 2.25. The summed E-state index contributed by atoms with van der Waals surface area (Å²) in [5.74, 6) is 0. The van der Waals surface area contributed by atoms with Gasteiger partial charge in [0, 0.05) is 18.8 Å². The standard InChI is InChI=1S/C21H17N5/c1-2-8-16(9-3-1)14-20(18-15-25-13-7-6-12-21(25)22-18)26-19-11-5-4-10-17(19)23-24-26/h1-13,15,20H,14H2. The number of imidazole rings is 1. The van der Waals surface area contributed by atoms with Crippen LogP contribution in [0.4, 0.5) is 0 Å². The Morgan fingerprint density at radius 3 is 2.54 bits per heavy atom. The number of rotatable bonds is 4. The number of aromatic nitrogens is 5. The summed E-state index contributed by atoms with van der Waals surface area (Å²) < 4.78 is 4.04. The molecule has 3 heterocycles. The summed E-state index contributed by atoms with van der Waals surface area (Å²) in [5.41, 5.74) is 5.08. The summed E-state index contributed by atoms with van der Waals surface area (Å²) in [6.07, 6.45) is 4.91. The van der Waals surface area contributed by atoms with Crippen LogP contribution >= 0.6 is 0 Å². The molecule has 1 unspecified atom stereocenters. The van der Waals surface area contributed by atoms with Gasteiger partial charge in [0.1, 0.15) is 17.2 Å². The van der Waals surface area contributed by atoms with Gasteiger partial charge in [-0.25, -0.2) is 9.67 Å². The van der Waals surface area contributed by atoms with Gasteiger partial charge in [-0.05, 0) is 29.8 Å². The van der Waals surface area contributed by atoms with Gasteiger partial charge in [0.05, 0.1) is 11.2 Å². The highest BCUT2D eigenvalue weighted by molar-refractivity contribution is 5.74. The van der Waals surface area contributed by atoms with E-state index in [0.717, 1.165) is 28.8 Å². The molecule has 5 rings (SSSR count). The van der Waals surface area contributed by atoms with Crippen molar-refractivity contribution >= 4 is 16.7 Å². The van der Waals surface area contributed by atoms with Gasteiger partial charge < -0.3 is 4.40 Å². The minimum absolute atomic E-state index is 0.0234. The van der Waals surface area contributed by atoms with Crippen molar-refractivity contribution in [3.05, 3.63) is 96.4 Å². The normalized spacial score (nSPS) is 12.6. The average Bonchev–Trinajstić information content (AvgIpc) is 3.31. The number of benzene rings is 2. The predicted octanol–water partition coefficient (Wildman–Crippen LogP) is 3.91. The highest BCUT2D eigenvalue weighted by Gasteiger charge is 2.21. The second-order valence-electron chi connectivity index (χ2n) is 6.36. The molecule has 26 heavy (non-hydrogen) atoms. The van der Waals surface area contributed by atoms with Crippen LogP contribution in [0, 0.1) is 0 Å². The first-order valence-electron chi connectivity index (χ1n) is 8.66. The van der Waals surface area contributed by atoms with E-state index in [2.05, 4.69) is 46.8 Å². The van der Waals surface area contributed by atoms with Crippen LogP contribution in [0.5, 0.6) is 0 Å². The lowest BCUT2D eigenvalue weighted by Gasteiger charge is -2.16. The van der Waals surface area contributed by atoms with Crippen molar-refractivity contribution in [2.75, 3.05) is 0 Å². The Bertz CT molecular complexity index is 1140. The van der Waals surface area contributed by atoms with E-state index in [0.29, 0.717) is 0 Å². The van der Waals surface area contributed by atoms with Crippen molar-refractivity contribution in [2.24, 2.45) is 0 Å². The molecule has 0 aliphatic carbocycles. The predicted molar refractivity (Wildman–Crippen MR) is 101 cm³/mol. The minimum Gasteiger partial charge on any atom is -0.307 e. The Morgan fingerprint density at radius 2 is 1.65 bits per heavy atom.